The molecule has 0 unspecified atom stereocenters. The molecule has 0 spiro atoms. The topological polar surface area (TPSA) is 84.2 Å². The minimum atomic E-state index is -1.14. The van der Waals surface area contributed by atoms with Crippen LogP contribution in [0, 0.1) is 6.92 Å². The van der Waals surface area contributed by atoms with Crippen LogP contribution >= 0.6 is 11.6 Å². The Morgan fingerprint density at radius 2 is 2.10 bits per heavy atom. The Labute approximate surface area is 126 Å². The molecular formula is C14H14ClN3O3. The molecule has 0 radical (unpaired) electrons. The first kappa shape index (κ1) is 15.1. The van der Waals surface area contributed by atoms with E-state index in [0.29, 0.717) is 23.0 Å². The van der Waals surface area contributed by atoms with E-state index in [0.717, 1.165) is 0 Å². The van der Waals surface area contributed by atoms with Crippen LogP contribution in [-0.2, 0) is 6.54 Å². The molecule has 6 nitrogen and oxygen atoms in total. The monoisotopic (exact) mass is 307 g/mol. The number of aromatic carboxylic acids is 1. The lowest BCUT2D eigenvalue weighted by Gasteiger charge is -2.09. The third-order valence-electron chi connectivity index (χ3n) is 2.89. The molecule has 110 valence electrons. The molecule has 0 aliphatic carbocycles. The molecule has 1 amide bonds. The zero-order valence-corrected chi connectivity index (χ0v) is 12.3. The van der Waals surface area contributed by atoms with Gasteiger partial charge in [-0.05, 0) is 38.1 Å². The van der Waals surface area contributed by atoms with Crippen LogP contribution in [0.15, 0.2) is 24.3 Å². The Balaban J connectivity index is 2.35. The fraction of sp³-hybridized carbons (Fsp3) is 0.214. The number of nitrogens with zero attached hydrogens (tertiary/aromatic N) is 2. The van der Waals surface area contributed by atoms with Gasteiger partial charge in [-0.3, -0.25) is 9.48 Å². The maximum atomic E-state index is 12.3. The average Bonchev–Trinajstić information content (AvgIpc) is 2.79. The van der Waals surface area contributed by atoms with Crippen LogP contribution in [0.2, 0.25) is 5.02 Å². The van der Waals surface area contributed by atoms with Crippen molar-refractivity contribution < 1.29 is 14.7 Å². The second-order valence-corrected chi connectivity index (χ2v) is 4.87. The molecule has 2 aromatic rings. The minimum absolute atomic E-state index is 0.0213. The first-order valence-electron chi connectivity index (χ1n) is 6.31. The van der Waals surface area contributed by atoms with E-state index in [1.165, 1.54) is 18.2 Å². The standard InChI is InChI=1S/C14H14ClN3O3/c1-3-18-12(6-8(2)17-18)13(19)16-11-7-9(15)4-5-10(11)14(20)21/h4-7H,3H2,1-2H3,(H,16,19)(H,20,21). The maximum Gasteiger partial charge on any atom is 0.337 e. The summed E-state index contributed by atoms with van der Waals surface area (Å²) in [6.07, 6.45) is 0. The number of hydrogen-bond donors (Lipinski definition) is 2. The average molecular weight is 308 g/mol. The van der Waals surface area contributed by atoms with Crippen molar-refractivity contribution in [1.29, 1.82) is 0 Å². The number of carboxylic acid groups (broad SMARTS) is 1. The highest BCUT2D eigenvalue weighted by molar-refractivity contribution is 6.31. The first-order valence-corrected chi connectivity index (χ1v) is 6.68. The molecule has 0 bridgehead atoms. The number of nitrogens with one attached hydrogen (secondary N) is 1. The van der Waals surface area contributed by atoms with Gasteiger partial charge in [0.25, 0.3) is 5.91 Å². The van der Waals surface area contributed by atoms with Crippen LogP contribution in [0.1, 0.15) is 33.5 Å². The highest BCUT2D eigenvalue weighted by atomic mass is 35.5. The number of rotatable bonds is 4. The summed E-state index contributed by atoms with van der Waals surface area (Å²) in [5.74, 6) is -1.57. The number of halogens is 1. The molecule has 1 heterocycles. The largest absolute Gasteiger partial charge is 0.478 e. The van der Waals surface area contributed by atoms with Gasteiger partial charge in [-0.25, -0.2) is 4.79 Å². The van der Waals surface area contributed by atoms with E-state index >= 15 is 0 Å². The fourth-order valence-corrected chi connectivity index (χ4v) is 2.13. The molecule has 0 aliphatic heterocycles. The fourth-order valence-electron chi connectivity index (χ4n) is 1.96. The van der Waals surface area contributed by atoms with Crippen molar-refractivity contribution in [3.8, 4) is 0 Å². The molecule has 1 aromatic heterocycles. The number of carbonyl (C=O) groups excluding carboxylic acids is 1. The zero-order valence-electron chi connectivity index (χ0n) is 11.6. The number of benzene rings is 1. The molecule has 0 fully saturated rings. The number of anilines is 1. The van der Waals surface area contributed by atoms with Crippen molar-refractivity contribution in [2.24, 2.45) is 0 Å². The van der Waals surface area contributed by atoms with E-state index in [1.54, 1.807) is 17.7 Å². The van der Waals surface area contributed by atoms with Gasteiger partial charge in [0.1, 0.15) is 5.69 Å². The second-order valence-electron chi connectivity index (χ2n) is 4.44. The van der Waals surface area contributed by atoms with E-state index in [2.05, 4.69) is 10.4 Å². The molecule has 7 heteroatoms. The summed E-state index contributed by atoms with van der Waals surface area (Å²) < 4.78 is 1.55. The van der Waals surface area contributed by atoms with Crippen LogP contribution in [0.5, 0.6) is 0 Å². The van der Waals surface area contributed by atoms with Gasteiger partial charge in [-0.15, -0.1) is 0 Å². The molecule has 2 rings (SSSR count). The Morgan fingerprint density at radius 1 is 1.38 bits per heavy atom. The van der Waals surface area contributed by atoms with Gasteiger partial charge in [0.15, 0.2) is 0 Å². The molecule has 1 aromatic carbocycles. The molecule has 0 saturated heterocycles. The smallest absolute Gasteiger partial charge is 0.337 e. The minimum Gasteiger partial charge on any atom is -0.478 e. The van der Waals surface area contributed by atoms with E-state index < -0.39 is 11.9 Å². The lowest BCUT2D eigenvalue weighted by atomic mass is 10.1. The van der Waals surface area contributed by atoms with E-state index in [1.807, 2.05) is 6.92 Å². The highest BCUT2D eigenvalue weighted by Crippen LogP contribution is 2.22. The van der Waals surface area contributed by atoms with Crippen LogP contribution in [0.3, 0.4) is 0 Å². The number of aromatic nitrogens is 2. The Hall–Kier alpha value is -2.34. The maximum absolute atomic E-state index is 12.3. The predicted molar refractivity (Wildman–Crippen MR) is 79.0 cm³/mol. The summed E-state index contributed by atoms with van der Waals surface area (Å²) in [5.41, 5.74) is 1.21. The van der Waals surface area contributed by atoms with E-state index in [-0.39, 0.29) is 11.3 Å². The van der Waals surface area contributed by atoms with Crippen LogP contribution in [-0.4, -0.2) is 26.8 Å². The summed E-state index contributed by atoms with van der Waals surface area (Å²) in [6, 6.07) is 5.86. The van der Waals surface area contributed by atoms with Crippen LogP contribution < -0.4 is 5.32 Å². The highest BCUT2D eigenvalue weighted by Gasteiger charge is 2.17. The molecule has 0 atom stereocenters. The van der Waals surface area contributed by atoms with Crippen molar-refractivity contribution in [3.63, 3.8) is 0 Å². The zero-order chi connectivity index (χ0) is 15.6. The quantitative estimate of drug-likeness (QED) is 0.909. The molecular weight excluding hydrogens is 294 g/mol. The van der Waals surface area contributed by atoms with Gasteiger partial charge in [0.05, 0.1) is 16.9 Å². The summed E-state index contributed by atoms with van der Waals surface area (Å²) in [6.45, 7) is 4.19. The third-order valence-corrected chi connectivity index (χ3v) is 3.13. The Morgan fingerprint density at radius 3 is 2.71 bits per heavy atom. The van der Waals surface area contributed by atoms with Crippen molar-refractivity contribution in [3.05, 3.63) is 46.2 Å². The van der Waals surface area contributed by atoms with Crippen molar-refractivity contribution >= 4 is 29.2 Å². The van der Waals surface area contributed by atoms with Gasteiger partial charge in [0, 0.05) is 11.6 Å². The van der Waals surface area contributed by atoms with Crippen molar-refractivity contribution in [2.75, 3.05) is 5.32 Å². The number of carbonyl (C=O) groups is 2. The van der Waals surface area contributed by atoms with Gasteiger partial charge in [-0.1, -0.05) is 11.6 Å². The number of aryl methyl sites for hydroxylation is 2. The van der Waals surface area contributed by atoms with Gasteiger partial charge < -0.3 is 10.4 Å². The third kappa shape index (κ3) is 3.22. The number of carboxylic acids is 1. The Bertz CT molecular complexity index is 709. The molecule has 0 aliphatic rings. The molecule has 0 saturated carbocycles. The van der Waals surface area contributed by atoms with Crippen molar-refractivity contribution in [2.45, 2.75) is 20.4 Å². The van der Waals surface area contributed by atoms with Gasteiger partial charge in [-0.2, -0.15) is 5.10 Å². The van der Waals surface area contributed by atoms with E-state index in [9.17, 15) is 9.59 Å². The summed E-state index contributed by atoms with van der Waals surface area (Å²) in [4.78, 5) is 23.5. The normalized spacial score (nSPS) is 10.4. The summed E-state index contributed by atoms with van der Waals surface area (Å²) in [5, 5.41) is 16.2. The second kappa shape index (κ2) is 5.97. The lowest BCUT2D eigenvalue weighted by Crippen LogP contribution is -2.19. The Kier molecular flexibility index (Phi) is 4.28. The van der Waals surface area contributed by atoms with Crippen molar-refractivity contribution in [1.82, 2.24) is 9.78 Å². The summed E-state index contributed by atoms with van der Waals surface area (Å²) >= 11 is 5.85. The van der Waals surface area contributed by atoms with E-state index in [4.69, 9.17) is 16.7 Å². The van der Waals surface area contributed by atoms with Crippen LogP contribution in [0.25, 0.3) is 0 Å². The lowest BCUT2D eigenvalue weighted by molar-refractivity contribution is 0.0698. The first-order chi connectivity index (χ1) is 9.92. The number of amides is 1. The summed E-state index contributed by atoms with van der Waals surface area (Å²) in [7, 11) is 0. The molecule has 2 N–H and O–H groups in total. The van der Waals surface area contributed by atoms with Gasteiger partial charge in [0.2, 0.25) is 0 Å². The molecule has 21 heavy (non-hydrogen) atoms. The SMILES string of the molecule is CCn1nc(C)cc1C(=O)Nc1cc(Cl)ccc1C(=O)O. The van der Waals surface area contributed by atoms with Gasteiger partial charge >= 0.3 is 5.97 Å². The predicted octanol–water partition coefficient (Wildman–Crippen LogP) is 2.82. The van der Waals surface area contributed by atoms with Crippen LogP contribution in [0.4, 0.5) is 5.69 Å². The number of hydrogen-bond acceptors (Lipinski definition) is 3.